The molecule has 10 aromatic carbocycles. The predicted octanol–water partition coefficient (Wildman–Crippen LogP) is 14.0. The molecule has 2 aliphatic rings. The minimum atomic E-state index is -0.434. The van der Waals surface area contributed by atoms with E-state index in [-0.39, 0.29) is 0 Å². The van der Waals surface area contributed by atoms with Crippen LogP contribution in [0.4, 0.5) is 0 Å². The number of fused-ring (bicyclic) bond motifs is 16. The Hall–Kier alpha value is -6.76. The molecule has 0 heterocycles. The van der Waals surface area contributed by atoms with Crippen molar-refractivity contribution in [3.8, 4) is 44.5 Å². The standard InChI is InChI=1S/C53H32/c1-2-15-34(16-3-1)49-41-20-6-8-22-43(41)50(44-23-9-7-21-42(44)49)36-28-29-38-35(32-36)27-31-46-45-30-26-33-14-4-5-17-37(33)51(45)53(52(38)46)47-24-12-10-18-39(47)40-19-11-13-25-48(40)53/h1-32H. The molecule has 0 aliphatic heterocycles. The Kier molecular flexibility index (Phi) is 5.80. The smallest absolute Gasteiger partial charge is 0.0622 e. The van der Waals surface area contributed by atoms with Crippen LogP contribution in [0.2, 0.25) is 0 Å². The second-order valence-corrected chi connectivity index (χ2v) is 14.7. The molecule has 0 saturated carbocycles. The maximum atomic E-state index is 2.45. The first-order valence-electron chi connectivity index (χ1n) is 18.6. The van der Waals surface area contributed by atoms with Gasteiger partial charge in [0.15, 0.2) is 0 Å². The topological polar surface area (TPSA) is 0 Å². The molecule has 0 unspecified atom stereocenters. The Labute approximate surface area is 308 Å². The van der Waals surface area contributed by atoms with Gasteiger partial charge in [-0.3, -0.25) is 0 Å². The lowest BCUT2D eigenvalue weighted by Gasteiger charge is -2.32. The van der Waals surface area contributed by atoms with Gasteiger partial charge in [-0.05, 0) is 116 Å². The van der Waals surface area contributed by atoms with Crippen LogP contribution in [0.5, 0.6) is 0 Å². The zero-order chi connectivity index (χ0) is 34.7. The van der Waals surface area contributed by atoms with Gasteiger partial charge < -0.3 is 0 Å². The largest absolute Gasteiger partial charge is 0.0737 e. The van der Waals surface area contributed by atoms with Crippen LogP contribution in [0, 0.1) is 0 Å². The summed E-state index contributed by atoms with van der Waals surface area (Å²) in [6.45, 7) is 0. The molecule has 0 radical (unpaired) electrons. The summed E-state index contributed by atoms with van der Waals surface area (Å²) in [4.78, 5) is 0. The molecule has 244 valence electrons. The van der Waals surface area contributed by atoms with Crippen LogP contribution >= 0.6 is 0 Å². The summed E-state index contributed by atoms with van der Waals surface area (Å²) in [5.41, 5.74) is 15.5. The Balaban J connectivity index is 1.19. The highest BCUT2D eigenvalue weighted by Gasteiger charge is 2.53. The highest BCUT2D eigenvalue weighted by molar-refractivity contribution is 6.22. The molecular weight excluding hydrogens is 637 g/mol. The van der Waals surface area contributed by atoms with E-state index < -0.39 is 5.41 Å². The van der Waals surface area contributed by atoms with E-state index in [0.717, 1.165) is 0 Å². The van der Waals surface area contributed by atoms with E-state index in [2.05, 4.69) is 194 Å². The number of benzene rings is 10. The zero-order valence-corrected chi connectivity index (χ0v) is 29.0. The van der Waals surface area contributed by atoms with E-state index in [0.29, 0.717) is 0 Å². The van der Waals surface area contributed by atoms with Gasteiger partial charge in [-0.15, -0.1) is 0 Å². The van der Waals surface area contributed by atoms with E-state index in [1.54, 1.807) is 0 Å². The van der Waals surface area contributed by atoms with Crippen LogP contribution < -0.4 is 0 Å². The normalized spacial score (nSPS) is 13.4. The third kappa shape index (κ3) is 3.70. The van der Waals surface area contributed by atoms with Gasteiger partial charge in [-0.2, -0.15) is 0 Å². The second kappa shape index (κ2) is 10.6. The summed E-state index contributed by atoms with van der Waals surface area (Å²) in [7, 11) is 0. The highest BCUT2D eigenvalue weighted by atomic mass is 14.5. The number of hydrogen-bond donors (Lipinski definition) is 0. The van der Waals surface area contributed by atoms with Crippen molar-refractivity contribution in [2.45, 2.75) is 5.41 Å². The fraction of sp³-hybridized carbons (Fsp3) is 0.0189. The van der Waals surface area contributed by atoms with E-state index in [1.807, 2.05) is 0 Å². The molecule has 1 spiro atoms. The van der Waals surface area contributed by atoms with Crippen molar-refractivity contribution >= 4 is 43.1 Å². The van der Waals surface area contributed by atoms with Crippen molar-refractivity contribution in [1.29, 1.82) is 0 Å². The fourth-order valence-electron chi connectivity index (χ4n) is 10.3. The lowest BCUT2D eigenvalue weighted by atomic mass is 9.68. The molecule has 12 rings (SSSR count). The number of rotatable bonds is 2. The molecule has 0 nitrogen and oxygen atoms in total. The molecule has 2 aliphatic carbocycles. The highest BCUT2D eigenvalue weighted by Crippen LogP contribution is 2.65. The van der Waals surface area contributed by atoms with Gasteiger partial charge in [0.2, 0.25) is 0 Å². The SMILES string of the molecule is c1ccc(-c2c3ccccc3c(-c3ccc4c5c(ccc4c3)-c3ccc4ccccc4c3C53c4ccccc4-c4ccccc43)c3ccccc23)cc1. The van der Waals surface area contributed by atoms with Crippen molar-refractivity contribution in [1.82, 2.24) is 0 Å². The van der Waals surface area contributed by atoms with Gasteiger partial charge in [0.05, 0.1) is 5.41 Å². The maximum Gasteiger partial charge on any atom is 0.0737 e. The lowest BCUT2D eigenvalue weighted by Crippen LogP contribution is -2.26. The molecule has 0 amide bonds. The van der Waals surface area contributed by atoms with Crippen LogP contribution in [-0.2, 0) is 5.41 Å². The first-order valence-corrected chi connectivity index (χ1v) is 18.6. The lowest BCUT2D eigenvalue weighted by molar-refractivity contribution is 0.809. The third-order valence-electron chi connectivity index (χ3n) is 12.2. The minimum Gasteiger partial charge on any atom is -0.0622 e. The summed E-state index contributed by atoms with van der Waals surface area (Å²) >= 11 is 0. The van der Waals surface area contributed by atoms with Gasteiger partial charge in [-0.25, -0.2) is 0 Å². The molecule has 10 aromatic rings. The van der Waals surface area contributed by atoms with Gasteiger partial charge in [0.25, 0.3) is 0 Å². The van der Waals surface area contributed by atoms with Crippen molar-refractivity contribution in [3.05, 3.63) is 216 Å². The average Bonchev–Trinajstić information content (AvgIpc) is 3.70. The van der Waals surface area contributed by atoms with Crippen LogP contribution in [0.3, 0.4) is 0 Å². The van der Waals surface area contributed by atoms with Crippen molar-refractivity contribution in [2.24, 2.45) is 0 Å². The zero-order valence-electron chi connectivity index (χ0n) is 29.0. The molecule has 53 heavy (non-hydrogen) atoms. The van der Waals surface area contributed by atoms with Gasteiger partial charge in [0.1, 0.15) is 0 Å². The maximum absolute atomic E-state index is 2.45. The molecule has 0 N–H and O–H groups in total. The molecule has 0 fully saturated rings. The fourth-order valence-corrected chi connectivity index (χ4v) is 10.3. The third-order valence-corrected chi connectivity index (χ3v) is 12.2. The Morgan fingerprint density at radius 3 is 1.32 bits per heavy atom. The van der Waals surface area contributed by atoms with E-state index in [1.165, 1.54) is 110 Å². The minimum absolute atomic E-state index is 0.434. The van der Waals surface area contributed by atoms with E-state index in [9.17, 15) is 0 Å². The summed E-state index contributed by atoms with van der Waals surface area (Å²) in [6, 6.07) is 72.7. The summed E-state index contributed by atoms with van der Waals surface area (Å²) in [5, 5.41) is 10.3. The quantitative estimate of drug-likeness (QED) is 0.161. The van der Waals surface area contributed by atoms with Crippen molar-refractivity contribution < 1.29 is 0 Å². The molecule has 0 aromatic heterocycles. The Morgan fingerprint density at radius 1 is 0.264 bits per heavy atom. The monoisotopic (exact) mass is 668 g/mol. The number of hydrogen-bond acceptors (Lipinski definition) is 0. The van der Waals surface area contributed by atoms with Gasteiger partial charge in [0, 0.05) is 0 Å². The van der Waals surface area contributed by atoms with E-state index in [4.69, 9.17) is 0 Å². The Bertz CT molecular complexity index is 3060. The predicted molar refractivity (Wildman–Crippen MR) is 224 cm³/mol. The second-order valence-electron chi connectivity index (χ2n) is 14.7. The molecule has 0 saturated heterocycles. The Morgan fingerprint density at radius 2 is 0.717 bits per heavy atom. The molecule has 0 heteroatoms. The molecular formula is C53H32. The van der Waals surface area contributed by atoms with Crippen LogP contribution in [0.1, 0.15) is 22.3 Å². The first kappa shape index (κ1) is 28.9. The average molecular weight is 669 g/mol. The summed E-state index contributed by atoms with van der Waals surface area (Å²) in [6.07, 6.45) is 0. The van der Waals surface area contributed by atoms with Crippen molar-refractivity contribution in [3.63, 3.8) is 0 Å². The van der Waals surface area contributed by atoms with Crippen LogP contribution in [0.25, 0.3) is 87.6 Å². The van der Waals surface area contributed by atoms with Crippen LogP contribution in [0.15, 0.2) is 194 Å². The summed E-state index contributed by atoms with van der Waals surface area (Å²) < 4.78 is 0. The first-order chi connectivity index (χ1) is 26.3. The van der Waals surface area contributed by atoms with Crippen LogP contribution in [-0.4, -0.2) is 0 Å². The van der Waals surface area contributed by atoms with Gasteiger partial charge in [-0.1, -0.05) is 188 Å². The van der Waals surface area contributed by atoms with Gasteiger partial charge >= 0.3 is 0 Å². The van der Waals surface area contributed by atoms with E-state index >= 15 is 0 Å². The van der Waals surface area contributed by atoms with Crippen molar-refractivity contribution in [2.75, 3.05) is 0 Å². The molecule has 0 bridgehead atoms. The summed E-state index contributed by atoms with van der Waals surface area (Å²) in [5.74, 6) is 0. The molecule has 0 atom stereocenters.